The molecule has 0 spiro atoms. The lowest BCUT2D eigenvalue weighted by molar-refractivity contribution is 1.39. The first-order chi connectivity index (χ1) is 23.5. The number of aryl methyl sites for hydroxylation is 2. The van der Waals surface area contributed by atoms with E-state index in [4.69, 9.17) is 0 Å². The van der Waals surface area contributed by atoms with Gasteiger partial charge in [0.25, 0.3) is 0 Å². The average Bonchev–Trinajstić information content (AvgIpc) is 3.13. The van der Waals surface area contributed by atoms with Crippen LogP contribution in [0.25, 0.3) is 77.2 Å². The van der Waals surface area contributed by atoms with E-state index < -0.39 is 0 Å². The van der Waals surface area contributed by atoms with Crippen molar-refractivity contribution in [2.24, 2.45) is 0 Å². The lowest BCUT2D eigenvalue weighted by Gasteiger charge is -2.23. The molecule has 230 valence electrons. The van der Waals surface area contributed by atoms with Gasteiger partial charge in [0.15, 0.2) is 0 Å². The molecule has 0 saturated carbocycles. The summed E-state index contributed by atoms with van der Waals surface area (Å²) in [5.41, 5.74) is 18.0. The van der Waals surface area contributed by atoms with E-state index in [1.54, 1.807) is 0 Å². The molecule has 8 rings (SSSR count). The smallest absolute Gasteiger partial charge is 0.00608 e. The SMILES string of the molecule is Cc1cc(-c2ccccc2)ccc1-c1cc2ccccc2c(-c2c(C)c(-c3ccc(-c4ccccc4)cc3C)cc3ccccc23)c1C. The van der Waals surface area contributed by atoms with E-state index in [0.717, 1.165) is 0 Å². The summed E-state index contributed by atoms with van der Waals surface area (Å²) in [5, 5.41) is 5.10. The highest BCUT2D eigenvalue weighted by Crippen LogP contribution is 2.46. The largest absolute Gasteiger partial charge is 0.0622 e. The van der Waals surface area contributed by atoms with Crippen LogP contribution in [0.1, 0.15) is 22.3 Å². The van der Waals surface area contributed by atoms with Crippen molar-refractivity contribution in [2.45, 2.75) is 27.7 Å². The zero-order valence-corrected chi connectivity index (χ0v) is 28.0. The Morgan fingerprint density at radius 1 is 0.292 bits per heavy atom. The Balaban J connectivity index is 1.37. The maximum atomic E-state index is 2.40. The van der Waals surface area contributed by atoms with Crippen LogP contribution in [0.4, 0.5) is 0 Å². The van der Waals surface area contributed by atoms with E-state index in [1.807, 2.05) is 0 Å². The molecule has 0 amide bonds. The zero-order valence-electron chi connectivity index (χ0n) is 28.0. The molecule has 8 aromatic rings. The van der Waals surface area contributed by atoms with Gasteiger partial charge in [0.05, 0.1) is 0 Å². The molecule has 48 heavy (non-hydrogen) atoms. The van der Waals surface area contributed by atoms with Crippen LogP contribution in [0, 0.1) is 27.7 Å². The molecule has 0 saturated heterocycles. The summed E-state index contributed by atoms with van der Waals surface area (Å²) in [4.78, 5) is 0. The van der Waals surface area contributed by atoms with E-state index in [9.17, 15) is 0 Å². The predicted octanol–water partition coefficient (Wildman–Crippen LogP) is 13.6. The Kier molecular flexibility index (Phi) is 7.50. The average molecular weight is 615 g/mol. The molecule has 0 N–H and O–H groups in total. The third-order valence-corrected chi connectivity index (χ3v) is 10.1. The fourth-order valence-electron chi connectivity index (χ4n) is 7.66. The minimum Gasteiger partial charge on any atom is -0.0622 e. The molecular weight excluding hydrogens is 577 g/mol. The van der Waals surface area contributed by atoms with Gasteiger partial charge >= 0.3 is 0 Å². The monoisotopic (exact) mass is 614 g/mol. The summed E-state index contributed by atoms with van der Waals surface area (Å²) in [6.07, 6.45) is 0. The minimum atomic E-state index is 1.24. The summed E-state index contributed by atoms with van der Waals surface area (Å²) in [7, 11) is 0. The summed E-state index contributed by atoms with van der Waals surface area (Å²) in [6, 6.07) is 57.8. The van der Waals surface area contributed by atoms with Crippen molar-refractivity contribution < 1.29 is 0 Å². The minimum absolute atomic E-state index is 1.24. The number of rotatable bonds is 5. The molecule has 0 atom stereocenters. The van der Waals surface area contributed by atoms with Gasteiger partial charge in [-0.25, -0.2) is 0 Å². The Morgan fingerprint density at radius 2 is 0.667 bits per heavy atom. The molecule has 8 aromatic carbocycles. The molecule has 0 bridgehead atoms. The summed E-state index contributed by atoms with van der Waals surface area (Å²) >= 11 is 0. The van der Waals surface area contributed by atoms with Crippen molar-refractivity contribution in [3.8, 4) is 55.6 Å². The highest BCUT2D eigenvalue weighted by atomic mass is 14.2. The molecule has 0 aromatic heterocycles. The van der Waals surface area contributed by atoms with Gasteiger partial charge in [-0.2, -0.15) is 0 Å². The van der Waals surface area contributed by atoms with Crippen molar-refractivity contribution in [3.05, 3.63) is 180 Å². The molecule has 0 nitrogen and oxygen atoms in total. The summed E-state index contributed by atoms with van der Waals surface area (Å²) < 4.78 is 0. The van der Waals surface area contributed by atoms with Crippen LogP contribution >= 0.6 is 0 Å². The molecule has 0 radical (unpaired) electrons. The third kappa shape index (κ3) is 5.11. The Bertz CT molecular complexity index is 2290. The molecule has 0 aliphatic heterocycles. The molecule has 0 aliphatic carbocycles. The number of fused-ring (bicyclic) bond motifs is 2. The van der Waals surface area contributed by atoms with Crippen LogP contribution in [0.3, 0.4) is 0 Å². The van der Waals surface area contributed by atoms with Crippen LogP contribution in [0.15, 0.2) is 158 Å². The second-order valence-electron chi connectivity index (χ2n) is 13.1. The lowest BCUT2D eigenvalue weighted by Crippen LogP contribution is -1.98. The van der Waals surface area contributed by atoms with Gasteiger partial charge in [-0.3, -0.25) is 0 Å². The molecule has 0 fully saturated rings. The molecule has 0 heteroatoms. The van der Waals surface area contributed by atoms with E-state index >= 15 is 0 Å². The van der Waals surface area contributed by atoms with Crippen LogP contribution in [0.2, 0.25) is 0 Å². The van der Waals surface area contributed by atoms with E-state index in [1.165, 1.54) is 99.4 Å². The van der Waals surface area contributed by atoms with E-state index in [2.05, 4.69) is 185 Å². The van der Waals surface area contributed by atoms with Gasteiger partial charge in [0.1, 0.15) is 0 Å². The second kappa shape index (κ2) is 12.1. The van der Waals surface area contributed by atoms with Gasteiger partial charge in [0, 0.05) is 0 Å². The maximum Gasteiger partial charge on any atom is -0.00608 e. The number of hydrogen-bond donors (Lipinski definition) is 0. The molecule has 0 unspecified atom stereocenters. The van der Waals surface area contributed by atoms with Gasteiger partial charge in [0.2, 0.25) is 0 Å². The first kappa shape index (κ1) is 29.7. The fraction of sp³-hybridized carbons (Fsp3) is 0.0833. The Labute approximate surface area is 284 Å². The van der Waals surface area contributed by atoms with Gasteiger partial charge < -0.3 is 0 Å². The van der Waals surface area contributed by atoms with Crippen LogP contribution in [-0.2, 0) is 0 Å². The fourth-order valence-corrected chi connectivity index (χ4v) is 7.66. The molecule has 0 heterocycles. The Morgan fingerprint density at radius 3 is 1.06 bits per heavy atom. The highest BCUT2D eigenvalue weighted by Gasteiger charge is 2.21. The van der Waals surface area contributed by atoms with Crippen LogP contribution in [-0.4, -0.2) is 0 Å². The highest BCUT2D eigenvalue weighted by molar-refractivity contribution is 6.11. The first-order valence-corrected chi connectivity index (χ1v) is 16.9. The van der Waals surface area contributed by atoms with Crippen molar-refractivity contribution >= 4 is 21.5 Å². The Hall–Kier alpha value is -5.72. The first-order valence-electron chi connectivity index (χ1n) is 16.9. The van der Waals surface area contributed by atoms with E-state index in [0.29, 0.717) is 0 Å². The summed E-state index contributed by atoms with van der Waals surface area (Å²) in [6.45, 7) is 9.14. The van der Waals surface area contributed by atoms with Crippen molar-refractivity contribution in [1.29, 1.82) is 0 Å². The summed E-state index contributed by atoms with van der Waals surface area (Å²) in [5.74, 6) is 0. The van der Waals surface area contributed by atoms with Crippen molar-refractivity contribution in [2.75, 3.05) is 0 Å². The lowest BCUT2D eigenvalue weighted by atomic mass is 9.81. The van der Waals surface area contributed by atoms with Crippen LogP contribution in [0.5, 0.6) is 0 Å². The predicted molar refractivity (Wildman–Crippen MR) is 208 cm³/mol. The van der Waals surface area contributed by atoms with Gasteiger partial charge in [-0.15, -0.1) is 0 Å². The number of benzene rings is 8. The second-order valence-corrected chi connectivity index (χ2v) is 13.1. The molecular formula is C48H38. The van der Waals surface area contributed by atoms with E-state index in [-0.39, 0.29) is 0 Å². The topological polar surface area (TPSA) is 0 Å². The quantitative estimate of drug-likeness (QED) is 0.181. The molecule has 0 aliphatic rings. The third-order valence-electron chi connectivity index (χ3n) is 10.1. The van der Waals surface area contributed by atoms with Gasteiger partial charge in [-0.05, 0) is 139 Å². The van der Waals surface area contributed by atoms with Crippen molar-refractivity contribution in [1.82, 2.24) is 0 Å². The van der Waals surface area contributed by atoms with Crippen molar-refractivity contribution in [3.63, 3.8) is 0 Å². The number of hydrogen-bond acceptors (Lipinski definition) is 0. The maximum absolute atomic E-state index is 2.40. The zero-order chi connectivity index (χ0) is 32.8. The van der Waals surface area contributed by atoms with Crippen LogP contribution < -0.4 is 0 Å². The van der Waals surface area contributed by atoms with Gasteiger partial charge in [-0.1, -0.05) is 146 Å². The standard InChI is InChI=1S/C48H38/c1-31-27-37(35-15-7-5-8-16-35)23-25-41(31)45-29-39-19-11-13-21-43(39)47(33(45)3)48-34(4)46(30-40-20-12-14-22-44(40)48)42-26-24-38(28-32(42)2)36-17-9-6-10-18-36/h5-30H,1-4H3. The normalized spacial score (nSPS) is 11.3.